The van der Waals surface area contributed by atoms with Crippen molar-refractivity contribution < 1.29 is 0 Å². The van der Waals surface area contributed by atoms with Gasteiger partial charge in [0.1, 0.15) is 0 Å². The van der Waals surface area contributed by atoms with Crippen LogP contribution < -0.4 is 11.1 Å². The predicted octanol–water partition coefficient (Wildman–Crippen LogP) is 2.22. The molecule has 0 atom stereocenters. The van der Waals surface area contributed by atoms with Gasteiger partial charge in [-0.25, -0.2) is 0 Å². The molecule has 0 radical (unpaired) electrons. The van der Waals surface area contributed by atoms with Crippen molar-refractivity contribution in [2.75, 3.05) is 5.73 Å². The number of nitrogens with two attached hydrogens (primary N) is 1. The Balaban J connectivity index is 1.94. The smallest absolute Gasteiger partial charge is 0.0316 e. The molecule has 14 heavy (non-hydrogen) atoms. The maximum atomic E-state index is 5.70. The number of nitrogens with one attached hydrogen (secondary N) is 1. The van der Waals surface area contributed by atoms with Crippen molar-refractivity contribution in [2.45, 2.75) is 38.8 Å². The molecule has 0 unspecified atom stereocenters. The molecule has 2 heteroatoms. The van der Waals surface area contributed by atoms with Gasteiger partial charge in [-0.15, -0.1) is 0 Å². The van der Waals surface area contributed by atoms with E-state index < -0.39 is 0 Å². The first-order valence-corrected chi connectivity index (χ1v) is 5.34. The van der Waals surface area contributed by atoms with Crippen LogP contribution in [0.3, 0.4) is 0 Å². The van der Waals surface area contributed by atoms with Crippen LogP contribution in [-0.4, -0.2) is 6.04 Å². The monoisotopic (exact) mass is 190 g/mol. The van der Waals surface area contributed by atoms with E-state index in [0.29, 0.717) is 0 Å². The third kappa shape index (κ3) is 2.07. The minimum Gasteiger partial charge on any atom is -0.399 e. The lowest BCUT2D eigenvalue weighted by molar-refractivity contribution is 0.338. The number of benzene rings is 1. The molecule has 3 N–H and O–H groups in total. The second kappa shape index (κ2) is 4.01. The quantitative estimate of drug-likeness (QED) is 0.717. The Morgan fingerprint density at radius 3 is 2.79 bits per heavy atom. The lowest BCUT2D eigenvalue weighted by Crippen LogP contribution is -2.34. The molecule has 0 heterocycles. The van der Waals surface area contributed by atoms with Gasteiger partial charge in [0.15, 0.2) is 0 Å². The Kier molecular flexibility index (Phi) is 2.73. The number of hydrogen-bond donors (Lipinski definition) is 2. The standard InChI is InChI=1S/C12H18N2/c1-9-7-11(13)6-5-10(9)8-14-12-3-2-4-12/h5-7,12,14H,2-4,8,13H2,1H3. The van der Waals surface area contributed by atoms with Crippen LogP contribution in [0, 0.1) is 6.92 Å². The molecule has 1 saturated carbocycles. The van der Waals surface area contributed by atoms with Crippen LogP contribution >= 0.6 is 0 Å². The fraction of sp³-hybridized carbons (Fsp3) is 0.500. The second-order valence-corrected chi connectivity index (χ2v) is 4.19. The first kappa shape index (κ1) is 9.53. The Hall–Kier alpha value is -1.02. The molecule has 0 spiro atoms. The van der Waals surface area contributed by atoms with E-state index in [1.54, 1.807) is 0 Å². The van der Waals surface area contributed by atoms with Crippen LogP contribution in [0.2, 0.25) is 0 Å². The largest absolute Gasteiger partial charge is 0.399 e. The third-order valence-electron chi connectivity index (χ3n) is 3.05. The molecular formula is C12H18N2. The highest BCUT2D eigenvalue weighted by molar-refractivity contribution is 5.44. The second-order valence-electron chi connectivity index (χ2n) is 4.19. The van der Waals surface area contributed by atoms with E-state index in [9.17, 15) is 0 Å². The van der Waals surface area contributed by atoms with Gasteiger partial charge in [-0.1, -0.05) is 12.5 Å². The van der Waals surface area contributed by atoms with Gasteiger partial charge >= 0.3 is 0 Å². The van der Waals surface area contributed by atoms with Gasteiger partial charge in [0, 0.05) is 18.3 Å². The van der Waals surface area contributed by atoms with E-state index in [1.165, 1.54) is 30.4 Å². The van der Waals surface area contributed by atoms with Crippen LogP contribution in [-0.2, 0) is 6.54 Å². The van der Waals surface area contributed by atoms with Gasteiger partial charge in [0.2, 0.25) is 0 Å². The summed E-state index contributed by atoms with van der Waals surface area (Å²) in [4.78, 5) is 0. The zero-order valence-electron chi connectivity index (χ0n) is 8.72. The summed E-state index contributed by atoms with van der Waals surface area (Å²) in [7, 11) is 0. The predicted molar refractivity (Wildman–Crippen MR) is 60.1 cm³/mol. The molecule has 2 nitrogen and oxygen atoms in total. The van der Waals surface area contributed by atoms with Crippen molar-refractivity contribution in [3.63, 3.8) is 0 Å². The molecule has 1 fully saturated rings. The Labute approximate surface area is 85.5 Å². The summed E-state index contributed by atoms with van der Waals surface area (Å²) in [5.74, 6) is 0. The molecule has 0 amide bonds. The van der Waals surface area contributed by atoms with Gasteiger partial charge in [0.25, 0.3) is 0 Å². The van der Waals surface area contributed by atoms with E-state index in [-0.39, 0.29) is 0 Å². The molecule has 0 aliphatic heterocycles. The molecule has 76 valence electrons. The SMILES string of the molecule is Cc1cc(N)ccc1CNC1CCC1. The maximum Gasteiger partial charge on any atom is 0.0316 e. The van der Waals surface area contributed by atoms with Crippen molar-refractivity contribution in [1.29, 1.82) is 0 Å². The summed E-state index contributed by atoms with van der Waals surface area (Å²) in [6.07, 6.45) is 4.07. The number of aryl methyl sites for hydroxylation is 1. The summed E-state index contributed by atoms with van der Waals surface area (Å²) >= 11 is 0. The molecule has 1 aromatic carbocycles. The first-order chi connectivity index (χ1) is 6.75. The number of hydrogen-bond acceptors (Lipinski definition) is 2. The molecule has 2 rings (SSSR count). The molecule has 0 aromatic heterocycles. The minimum absolute atomic E-state index is 0.756. The molecule has 0 saturated heterocycles. The van der Waals surface area contributed by atoms with Crippen molar-refractivity contribution in [3.05, 3.63) is 29.3 Å². The highest BCUT2D eigenvalue weighted by Crippen LogP contribution is 2.19. The molecule has 1 aliphatic rings. The van der Waals surface area contributed by atoms with Crippen molar-refractivity contribution in [1.82, 2.24) is 5.32 Å². The summed E-state index contributed by atoms with van der Waals surface area (Å²) < 4.78 is 0. The van der Waals surface area contributed by atoms with E-state index in [0.717, 1.165) is 18.3 Å². The van der Waals surface area contributed by atoms with Crippen LogP contribution in [0.25, 0.3) is 0 Å². The van der Waals surface area contributed by atoms with Crippen LogP contribution in [0.15, 0.2) is 18.2 Å². The van der Waals surface area contributed by atoms with Crippen LogP contribution in [0.1, 0.15) is 30.4 Å². The topological polar surface area (TPSA) is 38.0 Å². The first-order valence-electron chi connectivity index (χ1n) is 5.34. The Morgan fingerprint density at radius 2 is 2.21 bits per heavy atom. The van der Waals surface area contributed by atoms with Gasteiger partial charge < -0.3 is 11.1 Å². The fourth-order valence-electron chi connectivity index (χ4n) is 1.78. The zero-order chi connectivity index (χ0) is 9.97. The zero-order valence-corrected chi connectivity index (χ0v) is 8.72. The molecule has 1 aliphatic carbocycles. The normalized spacial score (nSPS) is 16.6. The van der Waals surface area contributed by atoms with Crippen molar-refractivity contribution >= 4 is 5.69 Å². The van der Waals surface area contributed by atoms with E-state index in [1.807, 2.05) is 12.1 Å². The third-order valence-corrected chi connectivity index (χ3v) is 3.05. The molecule has 0 bridgehead atoms. The average molecular weight is 190 g/mol. The lowest BCUT2D eigenvalue weighted by atomic mass is 9.93. The van der Waals surface area contributed by atoms with Crippen molar-refractivity contribution in [2.24, 2.45) is 0 Å². The van der Waals surface area contributed by atoms with Gasteiger partial charge in [0.05, 0.1) is 0 Å². The average Bonchev–Trinajstić information content (AvgIpc) is 2.05. The summed E-state index contributed by atoms with van der Waals surface area (Å²) in [5.41, 5.74) is 9.21. The minimum atomic E-state index is 0.756. The van der Waals surface area contributed by atoms with Crippen LogP contribution in [0.5, 0.6) is 0 Å². The van der Waals surface area contributed by atoms with Crippen LogP contribution in [0.4, 0.5) is 5.69 Å². The fourth-order valence-corrected chi connectivity index (χ4v) is 1.78. The van der Waals surface area contributed by atoms with Gasteiger partial charge in [-0.3, -0.25) is 0 Å². The molecular weight excluding hydrogens is 172 g/mol. The summed E-state index contributed by atoms with van der Waals surface area (Å²) in [6, 6.07) is 6.89. The maximum absolute atomic E-state index is 5.70. The molecule has 1 aromatic rings. The number of rotatable bonds is 3. The number of anilines is 1. The van der Waals surface area contributed by atoms with E-state index in [2.05, 4.69) is 18.3 Å². The highest BCUT2D eigenvalue weighted by atomic mass is 14.9. The Morgan fingerprint density at radius 1 is 1.43 bits per heavy atom. The van der Waals surface area contributed by atoms with E-state index in [4.69, 9.17) is 5.73 Å². The Bertz CT molecular complexity index is 316. The van der Waals surface area contributed by atoms with Gasteiger partial charge in [-0.2, -0.15) is 0 Å². The highest BCUT2D eigenvalue weighted by Gasteiger charge is 2.16. The number of nitrogen functional groups attached to an aromatic ring is 1. The summed E-state index contributed by atoms with van der Waals surface area (Å²) in [6.45, 7) is 3.10. The van der Waals surface area contributed by atoms with E-state index >= 15 is 0 Å². The lowest BCUT2D eigenvalue weighted by Gasteiger charge is -2.26. The van der Waals surface area contributed by atoms with Gasteiger partial charge in [-0.05, 0) is 43.0 Å². The van der Waals surface area contributed by atoms with Crippen molar-refractivity contribution in [3.8, 4) is 0 Å². The summed E-state index contributed by atoms with van der Waals surface area (Å²) in [5, 5.41) is 3.55.